The average Bonchev–Trinajstić information content (AvgIpc) is 2.58. The molecule has 0 aliphatic heterocycles. The van der Waals surface area contributed by atoms with E-state index < -0.39 is 11.6 Å². The van der Waals surface area contributed by atoms with E-state index in [-0.39, 0.29) is 21.6 Å². The molecule has 1 N–H and O–H groups in total. The Morgan fingerprint density at radius 2 is 1.65 bits per heavy atom. The Bertz CT molecular complexity index is 826. The summed E-state index contributed by atoms with van der Waals surface area (Å²) >= 11 is 12.5. The molecule has 2 aromatic carbocycles. The number of carboxylic acids is 1. The molecule has 2 rings (SSSR count). The Kier molecular flexibility index (Phi) is 6.32. The van der Waals surface area contributed by atoms with Crippen LogP contribution >= 0.6 is 23.2 Å². The van der Waals surface area contributed by atoms with Crippen LogP contribution in [0.5, 0.6) is 5.75 Å². The standard InChI is InChI=1S/C20H20Cl2O4/c1-12-4-6-13(7-5-12)15(23)10-8-14-9-11-16(18(22)17(14)21)26-20(2,3)19(24)25/h4-7,9,11H,8,10H2,1-3H3,(H,24,25). The van der Waals surface area contributed by atoms with Gasteiger partial charge >= 0.3 is 5.97 Å². The van der Waals surface area contributed by atoms with E-state index in [1.807, 2.05) is 19.1 Å². The van der Waals surface area contributed by atoms with Crippen molar-refractivity contribution in [3.05, 3.63) is 63.1 Å². The first-order chi connectivity index (χ1) is 12.1. The van der Waals surface area contributed by atoms with Crippen LogP contribution in [0.25, 0.3) is 0 Å². The van der Waals surface area contributed by atoms with Gasteiger partial charge in [0.15, 0.2) is 11.4 Å². The predicted molar refractivity (Wildman–Crippen MR) is 103 cm³/mol. The summed E-state index contributed by atoms with van der Waals surface area (Å²) in [5.74, 6) is -0.903. The number of rotatable bonds is 7. The van der Waals surface area contributed by atoms with E-state index in [0.29, 0.717) is 24.0 Å². The monoisotopic (exact) mass is 394 g/mol. The van der Waals surface area contributed by atoms with Crippen molar-refractivity contribution in [2.24, 2.45) is 0 Å². The van der Waals surface area contributed by atoms with Gasteiger partial charge in [0, 0.05) is 12.0 Å². The molecule has 4 nitrogen and oxygen atoms in total. The van der Waals surface area contributed by atoms with Gasteiger partial charge in [0.2, 0.25) is 0 Å². The van der Waals surface area contributed by atoms with Crippen molar-refractivity contribution in [1.82, 2.24) is 0 Å². The molecule has 6 heteroatoms. The summed E-state index contributed by atoms with van der Waals surface area (Å²) in [5.41, 5.74) is 1.02. The fraction of sp³-hybridized carbons (Fsp3) is 0.300. The first-order valence-electron chi connectivity index (χ1n) is 8.11. The smallest absolute Gasteiger partial charge is 0.347 e. The van der Waals surface area contributed by atoms with Crippen molar-refractivity contribution >= 4 is 35.0 Å². The van der Waals surface area contributed by atoms with Crippen LogP contribution in [0.3, 0.4) is 0 Å². The lowest BCUT2D eigenvalue weighted by Gasteiger charge is -2.23. The Labute approximate surface area is 162 Å². The molecule has 138 valence electrons. The predicted octanol–water partition coefficient (Wildman–Crippen LogP) is 5.36. The molecule has 0 saturated carbocycles. The Balaban J connectivity index is 2.11. The van der Waals surface area contributed by atoms with Crippen molar-refractivity contribution in [1.29, 1.82) is 0 Å². The molecule has 0 bridgehead atoms. The van der Waals surface area contributed by atoms with Gasteiger partial charge in [0.05, 0.1) is 5.02 Å². The molecule has 0 fully saturated rings. The third-order valence-electron chi connectivity index (χ3n) is 4.00. The van der Waals surface area contributed by atoms with Gasteiger partial charge in [0.25, 0.3) is 0 Å². The van der Waals surface area contributed by atoms with Gasteiger partial charge in [0.1, 0.15) is 10.8 Å². The highest BCUT2D eigenvalue weighted by molar-refractivity contribution is 6.43. The molecule has 0 aliphatic rings. The summed E-state index contributed by atoms with van der Waals surface area (Å²) in [6, 6.07) is 10.7. The fourth-order valence-electron chi connectivity index (χ4n) is 2.29. The van der Waals surface area contributed by atoms with E-state index in [2.05, 4.69) is 0 Å². The molecule has 2 aromatic rings. The van der Waals surface area contributed by atoms with Crippen LogP contribution in [-0.2, 0) is 11.2 Å². The minimum Gasteiger partial charge on any atom is -0.478 e. The van der Waals surface area contributed by atoms with Crippen LogP contribution in [0.4, 0.5) is 0 Å². The molecule has 0 saturated heterocycles. The highest BCUT2D eigenvalue weighted by atomic mass is 35.5. The van der Waals surface area contributed by atoms with E-state index in [0.717, 1.165) is 5.56 Å². The van der Waals surface area contributed by atoms with Crippen molar-refractivity contribution in [2.45, 2.75) is 39.2 Å². The van der Waals surface area contributed by atoms with E-state index in [1.165, 1.54) is 13.8 Å². The highest BCUT2D eigenvalue weighted by Crippen LogP contribution is 2.37. The van der Waals surface area contributed by atoms with Gasteiger partial charge < -0.3 is 9.84 Å². The molecule has 0 amide bonds. The van der Waals surface area contributed by atoms with Crippen molar-refractivity contribution in [3.63, 3.8) is 0 Å². The van der Waals surface area contributed by atoms with E-state index in [9.17, 15) is 9.59 Å². The molecule has 26 heavy (non-hydrogen) atoms. The third-order valence-corrected chi connectivity index (χ3v) is 4.91. The van der Waals surface area contributed by atoms with E-state index in [1.54, 1.807) is 24.3 Å². The molecule has 0 unspecified atom stereocenters. The van der Waals surface area contributed by atoms with Crippen LogP contribution in [-0.4, -0.2) is 22.5 Å². The van der Waals surface area contributed by atoms with Crippen molar-refractivity contribution in [2.75, 3.05) is 0 Å². The lowest BCUT2D eigenvalue weighted by molar-refractivity contribution is -0.152. The van der Waals surface area contributed by atoms with Gasteiger partial charge in [-0.25, -0.2) is 4.79 Å². The summed E-state index contributed by atoms with van der Waals surface area (Å²) in [4.78, 5) is 23.5. The second kappa shape index (κ2) is 8.11. The normalized spacial score (nSPS) is 11.3. The summed E-state index contributed by atoms with van der Waals surface area (Å²) in [6.45, 7) is 4.81. The number of ether oxygens (including phenoxy) is 1. The number of carbonyl (C=O) groups is 2. The average molecular weight is 395 g/mol. The summed E-state index contributed by atoms with van der Waals surface area (Å²) < 4.78 is 5.45. The number of carboxylic acid groups (broad SMARTS) is 1. The molecular weight excluding hydrogens is 375 g/mol. The van der Waals surface area contributed by atoms with Crippen molar-refractivity contribution in [3.8, 4) is 5.75 Å². The van der Waals surface area contributed by atoms with Crippen LogP contribution < -0.4 is 4.74 Å². The molecule has 0 spiro atoms. The molecule has 0 radical (unpaired) electrons. The first-order valence-corrected chi connectivity index (χ1v) is 8.86. The number of hydrogen-bond donors (Lipinski definition) is 1. The summed E-state index contributed by atoms with van der Waals surface area (Å²) in [7, 11) is 0. The second-order valence-electron chi connectivity index (χ2n) is 6.56. The minimum absolute atomic E-state index is 0.0181. The summed E-state index contributed by atoms with van der Waals surface area (Å²) in [6.07, 6.45) is 0.716. The zero-order valence-corrected chi connectivity index (χ0v) is 16.3. The maximum absolute atomic E-state index is 12.3. The summed E-state index contributed by atoms with van der Waals surface area (Å²) in [5, 5.41) is 9.56. The number of ketones is 1. The largest absolute Gasteiger partial charge is 0.478 e. The van der Waals surface area contributed by atoms with E-state index >= 15 is 0 Å². The number of Topliss-reactive ketones (excluding diaryl/α,β-unsaturated/α-hetero) is 1. The molecule has 0 aromatic heterocycles. The molecule has 0 aliphatic carbocycles. The van der Waals surface area contributed by atoms with Gasteiger partial charge in [-0.05, 0) is 38.8 Å². The van der Waals surface area contributed by atoms with Gasteiger partial charge in [-0.3, -0.25) is 4.79 Å². The number of carbonyl (C=O) groups excluding carboxylic acids is 1. The molecule has 0 heterocycles. The maximum atomic E-state index is 12.3. The Hall–Kier alpha value is -2.04. The minimum atomic E-state index is -1.43. The zero-order valence-electron chi connectivity index (χ0n) is 14.8. The number of aryl methyl sites for hydroxylation is 2. The number of benzene rings is 2. The van der Waals surface area contributed by atoms with Crippen LogP contribution in [0.15, 0.2) is 36.4 Å². The second-order valence-corrected chi connectivity index (χ2v) is 7.31. The van der Waals surface area contributed by atoms with Crippen molar-refractivity contribution < 1.29 is 19.4 Å². The van der Waals surface area contributed by atoms with Gasteiger partial charge in [-0.15, -0.1) is 0 Å². The maximum Gasteiger partial charge on any atom is 0.347 e. The van der Waals surface area contributed by atoms with Gasteiger partial charge in [-0.2, -0.15) is 0 Å². The van der Waals surface area contributed by atoms with Gasteiger partial charge in [-0.1, -0.05) is 59.1 Å². The van der Waals surface area contributed by atoms with E-state index in [4.69, 9.17) is 33.0 Å². The first kappa shape index (κ1) is 20.3. The lowest BCUT2D eigenvalue weighted by atomic mass is 10.0. The lowest BCUT2D eigenvalue weighted by Crippen LogP contribution is -2.38. The number of aliphatic carboxylic acids is 1. The zero-order chi connectivity index (χ0) is 19.5. The van der Waals surface area contributed by atoms with Crippen LogP contribution in [0, 0.1) is 6.92 Å². The van der Waals surface area contributed by atoms with Crippen LogP contribution in [0.2, 0.25) is 10.0 Å². The highest BCUT2D eigenvalue weighted by Gasteiger charge is 2.30. The molecule has 0 atom stereocenters. The Morgan fingerprint density at radius 1 is 1.04 bits per heavy atom. The Morgan fingerprint density at radius 3 is 2.23 bits per heavy atom. The number of halogens is 2. The SMILES string of the molecule is Cc1ccc(C(=O)CCc2ccc(OC(C)(C)C(=O)O)c(Cl)c2Cl)cc1. The fourth-order valence-corrected chi connectivity index (χ4v) is 2.77. The van der Waals surface area contributed by atoms with Crippen LogP contribution in [0.1, 0.15) is 41.8 Å². The number of hydrogen-bond acceptors (Lipinski definition) is 3. The third kappa shape index (κ3) is 4.77. The quantitative estimate of drug-likeness (QED) is 0.641. The molecular formula is C20H20Cl2O4. The topological polar surface area (TPSA) is 63.6 Å².